The van der Waals surface area contributed by atoms with Crippen LogP contribution in [0.4, 0.5) is 4.39 Å². The molecular formula is C18H19FO. The molecule has 0 saturated heterocycles. The zero-order valence-electron chi connectivity index (χ0n) is 11.6. The van der Waals surface area contributed by atoms with E-state index in [1.54, 1.807) is 19.1 Å². The van der Waals surface area contributed by atoms with Gasteiger partial charge in [0.1, 0.15) is 11.9 Å². The van der Waals surface area contributed by atoms with Crippen LogP contribution >= 0.6 is 0 Å². The van der Waals surface area contributed by atoms with E-state index in [2.05, 4.69) is 12.1 Å². The van der Waals surface area contributed by atoms with E-state index in [0.29, 0.717) is 11.5 Å². The molecule has 1 N–H and O–H groups in total. The molecule has 0 aromatic heterocycles. The summed E-state index contributed by atoms with van der Waals surface area (Å²) < 4.78 is 13.3. The third-order valence-electron chi connectivity index (χ3n) is 4.33. The predicted molar refractivity (Wildman–Crippen MR) is 78.2 cm³/mol. The zero-order chi connectivity index (χ0) is 14.1. The van der Waals surface area contributed by atoms with Crippen LogP contribution in [0.3, 0.4) is 0 Å². The van der Waals surface area contributed by atoms with Crippen molar-refractivity contribution in [2.24, 2.45) is 0 Å². The minimum Gasteiger partial charge on any atom is -0.384 e. The van der Waals surface area contributed by atoms with Crippen LogP contribution in [0.25, 0.3) is 0 Å². The van der Waals surface area contributed by atoms with Gasteiger partial charge in [-0.2, -0.15) is 0 Å². The SMILES string of the molecule is Cc1cc(C(O)c2ccc(C3CCC3)cc2)ccc1F. The summed E-state index contributed by atoms with van der Waals surface area (Å²) in [5, 5.41) is 10.4. The second-order valence-corrected chi connectivity index (χ2v) is 5.71. The monoisotopic (exact) mass is 270 g/mol. The lowest BCUT2D eigenvalue weighted by Crippen LogP contribution is -2.09. The Balaban J connectivity index is 1.82. The van der Waals surface area contributed by atoms with Gasteiger partial charge in [-0.25, -0.2) is 4.39 Å². The van der Waals surface area contributed by atoms with Crippen LogP contribution in [0.2, 0.25) is 0 Å². The smallest absolute Gasteiger partial charge is 0.126 e. The molecule has 1 fully saturated rings. The van der Waals surface area contributed by atoms with Crippen molar-refractivity contribution in [3.8, 4) is 0 Å². The Morgan fingerprint density at radius 3 is 2.25 bits per heavy atom. The van der Waals surface area contributed by atoms with Gasteiger partial charge < -0.3 is 5.11 Å². The lowest BCUT2D eigenvalue weighted by atomic mass is 9.80. The van der Waals surface area contributed by atoms with Gasteiger partial charge in [0.2, 0.25) is 0 Å². The first kappa shape index (κ1) is 13.3. The summed E-state index contributed by atoms with van der Waals surface area (Å²) in [6.45, 7) is 1.71. The molecule has 1 atom stereocenters. The lowest BCUT2D eigenvalue weighted by molar-refractivity contribution is 0.220. The van der Waals surface area contributed by atoms with Gasteiger partial charge in [-0.1, -0.05) is 42.8 Å². The Morgan fingerprint density at radius 2 is 1.70 bits per heavy atom. The van der Waals surface area contributed by atoms with E-state index in [1.165, 1.54) is 30.9 Å². The molecule has 104 valence electrons. The number of hydrogen-bond acceptors (Lipinski definition) is 1. The van der Waals surface area contributed by atoms with Crippen molar-refractivity contribution in [3.05, 3.63) is 70.5 Å². The Morgan fingerprint density at radius 1 is 1.05 bits per heavy atom. The number of aryl methyl sites for hydroxylation is 1. The maximum Gasteiger partial charge on any atom is 0.126 e. The van der Waals surface area contributed by atoms with E-state index in [0.717, 1.165) is 11.1 Å². The first-order valence-corrected chi connectivity index (χ1v) is 7.19. The van der Waals surface area contributed by atoms with Crippen LogP contribution in [-0.4, -0.2) is 5.11 Å². The molecule has 1 unspecified atom stereocenters. The Labute approximate surface area is 119 Å². The molecule has 0 radical (unpaired) electrons. The van der Waals surface area contributed by atoms with Crippen molar-refractivity contribution in [2.75, 3.05) is 0 Å². The van der Waals surface area contributed by atoms with E-state index < -0.39 is 6.10 Å². The van der Waals surface area contributed by atoms with Crippen molar-refractivity contribution in [2.45, 2.75) is 38.2 Å². The highest BCUT2D eigenvalue weighted by Gasteiger charge is 2.19. The topological polar surface area (TPSA) is 20.2 Å². The summed E-state index contributed by atoms with van der Waals surface area (Å²) in [6, 6.07) is 13.0. The standard InChI is InChI=1S/C18H19FO/c1-12-11-16(9-10-17(12)19)18(20)15-7-5-14(6-8-15)13-3-2-4-13/h5-11,13,18,20H,2-4H2,1H3. The molecule has 0 aliphatic heterocycles. The van der Waals surface area contributed by atoms with E-state index >= 15 is 0 Å². The van der Waals surface area contributed by atoms with Gasteiger partial charge in [0.15, 0.2) is 0 Å². The van der Waals surface area contributed by atoms with Crippen molar-refractivity contribution in [1.29, 1.82) is 0 Å². The summed E-state index contributed by atoms with van der Waals surface area (Å²) >= 11 is 0. The van der Waals surface area contributed by atoms with Crippen LogP contribution in [0.15, 0.2) is 42.5 Å². The van der Waals surface area contributed by atoms with E-state index in [-0.39, 0.29) is 5.82 Å². The number of aliphatic hydroxyl groups excluding tert-OH is 1. The first-order chi connectivity index (χ1) is 9.65. The third-order valence-corrected chi connectivity index (χ3v) is 4.33. The summed E-state index contributed by atoms with van der Waals surface area (Å²) in [5.41, 5.74) is 3.52. The second kappa shape index (κ2) is 5.37. The molecule has 0 heterocycles. The molecule has 0 amide bonds. The van der Waals surface area contributed by atoms with Gasteiger partial charge in [-0.15, -0.1) is 0 Å². The molecule has 0 bridgehead atoms. The molecule has 0 spiro atoms. The summed E-state index contributed by atoms with van der Waals surface area (Å²) in [5.74, 6) is 0.468. The highest BCUT2D eigenvalue weighted by molar-refractivity contribution is 5.35. The highest BCUT2D eigenvalue weighted by atomic mass is 19.1. The van der Waals surface area contributed by atoms with Gasteiger partial charge in [-0.05, 0) is 54.0 Å². The quantitative estimate of drug-likeness (QED) is 0.871. The van der Waals surface area contributed by atoms with E-state index in [4.69, 9.17) is 0 Å². The van der Waals surface area contributed by atoms with Gasteiger partial charge in [-0.3, -0.25) is 0 Å². The molecule has 1 aliphatic carbocycles. The zero-order valence-corrected chi connectivity index (χ0v) is 11.6. The molecule has 1 nitrogen and oxygen atoms in total. The number of benzene rings is 2. The van der Waals surface area contributed by atoms with E-state index in [1.807, 2.05) is 12.1 Å². The van der Waals surface area contributed by atoms with Crippen molar-refractivity contribution >= 4 is 0 Å². The molecule has 1 aliphatic rings. The predicted octanol–water partition coefficient (Wildman–Crippen LogP) is 4.48. The summed E-state index contributed by atoms with van der Waals surface area (Å²) in [4.78, 5) is 0. The van der Waals surface area contributed by atoms with Crippen LogP contribution in [0.5, 0.6) is 0 Å². The van der Waals surface area contributed by atoms with Crippen molar-refractivity contribution < 1.29 is 9.50 Å². The minimum atomic E-state index is -0.690. The number of halogens is 1. The molecular weight excluding hydrogens is 251 g/mol. The fourth-order valence-electron chi connectivity index (χ4n) is 2.72. The van der Waals surface area contributed by atoms with Crippen molar-refractivity contribution in [1.82, 2.24) is 0 Å². The van der Waals surface area contributed by atoms with Crippen LogP contribution in [0, 0.1) is 12.7 Å². The average Bonchev–Trinajstić information content (AvgIpc) is 2.40. The Kier molecular flexibility index (Phi) is 3.58. The largest absolute Gasteiger partial charge is 0.384 e. The maximum atomic E-state index is 13.3. The van der Waals surface area contributed by atoms with E-state index in [9.17, 15) is 9.50 Å². The third kappa shape index (κ3) is 2.48. The highest BCUT2D eigenvalue weighted by Crippen LogP contribution is 2.36. The Bertz CT molecular complexity index is 599. The summed E-state index contributed by atoms with van der Waals surface area (Å²) in [7, 11) is 0. The molecule has 2 aromatic carbocycles. The maximum absolute atomic E-state index is 13.3. The van der Waals surface area contributed by atoms with Gasteiger partial charge in [0, 0.05) is 0 Å². The van der Waals surface area contributed by atoms with Gasteiger partial charge >= 0.3 is 0 Å². The normalized spacial score (nSPS) is 16.8. The molecule has 3 rings (SSSR count). The first-order valence-electron chi connectivity index (χ1n) is 7.19. The summed E-state index contributed by atoms with van der Waals surface area (Å²) in [6.07, 6.45) is 3.19. The van der Waals surface area contributed by atoms with Crippen LogP contribution < -0.4 is 0 Å². The molecule has 20 heavy (non-hydrogen) atoms. The second-order valence-electron chi connectivity index (χ2n) is 5.71. The molecule has 2 heteroatoms. The number of rotatable bonds is 3. The molecule has 2 aromatic rings. The number of hydrogen-bond donors (Lipinski definition) is 1. The number of aliphatic hydroxyl groups is 1. The fourth-order valence-corrected chi connectivity index (χ4v) is 2.72. The minimum absolute atomic E-state index is 0.235. The van der Waals surface area contributed by atoms with Gasteiger partial charge in [0.25, 0.3) is 0 Å². The lowest BCUT2D eigenvalue weighted by Gasteiger charge is -2.26. The van der Waals surface area contributed by atoms with Gasteiger partial charge in [0.05, 0.1) is 0 Å². The van der Waals surface area contributed by atoms with Crippen molar-refractivity contribution in [3.63, 3.8) is 0 Å². The fraction of sp³-hybridized carbons (Fsp3) is 0.333. The Hall–Kier alpha value is -1.67. The average molecular weight is 270 g/mol. The molecule has 1 saturated carbocycles. The van der Waals surface area contributed by atoms with Crippen LogP contribution in [0.1, 0.15) is 53.5 Å². The van der Waals surface area contributed by atoms with Crippen LogP contribution in [-0.2, 0) is 0 Å².